The van der Waals surface area contributed by atoms with Crippen LogP contribution in [0.1, 0.15) is 17.9 Å². The number of sulfone groups is 1. The number of hydrogen-bond acceptors (Lipinski definition) is 4. The molecule has 1 N–H and O–H groups in total. The first-order valence-corrected chi connectivity index (χ1v) is 8.80. The Morgan fingerprint density at radius 2 is 1.84 bits per heavy atom. The molecule has 1 amide bonds. The van der Waals surface area contributed by atoms with E-state index in [4.69, 9.17) is 0 Å². The van der Waals surface area contributed by atoms with Gasteiger partial charge in [-0.2, -0.15) is 13.2 Å². The number of carbonyl (C=O) groups is 1. The van der Waals surface area contributed by atoms with E-state index in [0.29, 0.717) is 6.42 Å². The van der Waals surface area contributed by atoms with Gasteiger partial charge in [0, 0.05) is 24.0 Å². The van der Waals surface area contributed by atoms with Crippen molar-refractivity contribution in [2.24, 2.45) is 5.92 Å². The Bertz CT molecular complexity index is 881. The molecule has 1 aliphatic carbocycles. The fourth-order valence-corrected chi connectivity index (χ4v) is 3.30. The van der Waals surface area contributed by atoms with Gasteiger partial charge in [-0.3, -0.25) is 9.78 Å². The first kappa shape index (κ1) is 17.4. The zero-order valence-electron chi connectivity index (χ0n) is 12.7. The Kier molecular flexibility index (Phi) is 4.28. The highest BCUT2D eigenvalue weighted by Crippen LogP contribution is 2.47. The summed E-state index contributed by atoms with van der Waals surface area (Å²) >= 11 is 0. The fraction of sp³-hybridized carbons (Fsp3) is 0.250. The van der Waals surface area contributed by atoms with Gasteiger partial charge in [0.05, 0.1) is 4.90 Å². The Balaban J connectivity index is 1.66. The minimum absolute atomic E-state index is 0.0681. The van der Waals surface area contributed by atoms with Crippen molar-refractivity contribution >= 4 is 21.4 Å². The highest BCUT2D eigenvalue weighted by atomic mass is 32.2. The number of halogens is 3. The third-order valence-corrected chi connectivity index (χ3v) is 5.48. The lowest BCUT2D eigenvalue weighted by Gasteiger charge is -2.09. The van der Waals surface area contributed by atoms with E-state index in [1.807, 2.05) is 6.07 Å². The van der Waals surface area contributed by atoms with E-state index in [1.54, 1.807) is 18.5 Å². The van der Waals surface area contributed by atoms with E-state index in [1.165, 1.54) is 0 Å². The van der Waals surface area contributed by atoms with Crippen LogP contribution in [0.25, 0.3) is 0 Å². The summed E-state index contributed by atoms with van der Waals surface area (Å²) in [6.07, 6.45) is 3.99. The zero-order valence-corrected chi connectivity index (χ0v) is 13.5. The third kappa shape index (κ3) is 3.51. The summed E-state index contributed by atoms with van der Waals surface area (Å²) in [4.78, 5) is 15.3. The number of pyridine rings is 1. The fourth-order valence-electron chi connectivity index (χ4n) is 2.53. The number of nitrogens with one attached hydrogen (secondary N) is 1. The quantitative estimate of drug-likeness (QED) is 0.897. The van der Waals surface area contributed by atoms with E-state index in [0.717, 1.165) is 29.8 Å². The molecule has 0 radical (unpaired) electrons. The molecule has 0 bridgehead atoms. The second-order valence-corrected chi connectivity index (χ2v) is 7.64. The summed E-state index contributed by atoms with van der Waals surface area (Å²) in [5, 5.41) is 2.59. The van der Waals surface area contributed by atoms with E-state index >= 15 is 0 Å². The SMILES string of the molecule is O=C(Nc1ccc(S(=O)(=O)C(F)(F)F)cc1)[C@H]1C[C@@H]1c1cccnc1. The van der Waals surface area contributed by atoms with Crippen LogP contribution in [0.3, 0.4) is 0 Å². The highest BCUT2D eigenvalue weighted by molar-refractivity contribution is 7.92. The summed E-state index contributed by atoms with van der Waals surface area (Å²) in [7, 11) is -5.39. The van der Waals surface area contributed by atoms with Crippen LogP contribution in [0, 0.1) is 5.92 Å². The van der Waals surface area contributed by atoms with Crippen molar-refractivity contribution in [3.8, 4) is 0 Å². The number of rotatable bonds is 4. The normalized spacial score (nSPS) is 20.1. The molecule has 1 saturated carbocycles. The molecule has 0 saturated heterocycles. The van der Waals surface area contributed by atoms with Gasteiger partial charge in [0.25, 0.3) is 9.84 Å². The predicted molar refractivity (Wildman–Crippen MR) is 83.4 cm³/mol. The molecular weight excluding hydrogens is 357 g/mol. The Morgan fingerprint density at radius 1 is 1.16 bits per heavy atom. The van der Waals surface area contributed by atoms with Crippen molar-refractivity contribution in [2.45, 2.75) is 22.7 Å². The lowest BCUT2D eigenvalue weighted by atomic mass is 10.1. The summed E-state index contributed by atoms with van der Waals surface area (Å²) in [6.45, 7) is 0. The van der Waals surface area contributed by atoms with Gasteiger partial charge in [0.2, 0.25) is 5.91 Å². The van der Waals surface area contributed by atoms with Crippen molar-refractivity contribution in [1.29, 1.82) is 0 Å². The summed E-state index contributed by atoms with van der Waals surface area (Å²) in [5.74, 6) is -0.429. The first-order valence-electron chi connectivity index (χ1n) is 7.32. The summed E-state index contributed by atoms with van der Waals surface area (Å²) in [5.41, 5.74) is -4.17. The lowest BCUT2D eigenvalue weighted by Crippen LogP contribution is -2.23. The van der Waals surface area contributed by atoms with E-state index < -0.39 is 20.2 Å². The molecular formula is C16H13F3N2O3S. The maximum Gasteiger partial charge on any atom is 0.501 e. The second-order valence-electron chi connectivity index (χ2n) is 5.70. The van der Waals surface area contributed by atoms with Crippen LogP contribution < -0.4 is 5.32 Å². The molecule has 1 fully saturated rings. The van der Waals surface area contributed by atoms with Crippen LogP contribution in [0.4, 0.5) is 18.9 Å². The number of benzene rings is 1. The van der Waals surface area contributed by atoms with Crippen LogP contribution >= 0.6 is 0 Å². The third-order valence-electron chi connectivity index (χ3n) is 3.98. The molecule has 25 heavy (non-hydrogen) atoms. The Labute approximate surface area is 141 Å². The van der Waals surface area contributed by atoms with Gasteiger partial charge < -0.3 is 5.32 Å². The molecule has 1 aromatic heterocycles. The van der Waals surface area contributed by atoms with Crippen molar-refractivity contribution in [3.63, 3.8) is 0 Å². The van der Waals surface area contributed by atoms with Gasteiger partial charge in [0.1, 0.15) is 0 Å². The molecule has 3 rings (SSSR count). The van der Waals surface area contributed by atoms with Crippen molar-refractivity contribution in [1.82, 2.24) is 4.98 Å². The van der Waals surface area contributed by atoms with Gasteiger partial charge in [-0.15, -0.1) is 0 Å². The number of amides is 1. The Morgan fingerprint density at radius 3 is 2.40 bits per heavy atom. The zero-order chi connectivity index (χ0) is 18.2. The van der Waals surface area contributed by atoms with Crippen molar-refractivity contribution in [2.75, 3.05) is 5.32 Å². The Hall–Kier alpha value is -2.42. The smallest absolute Gasteiger partial charge is 0.326 e. The molecule has 2 atom stereocenters. The largest absolute Gasteiger partial charge is 0.501 e. The minimum Gasteiger partial charge on any atom is -0.326 e. The van der Waals surface area contributed by atoms with Gasteiger partial charge in [-0.1, -0.05) is 6.07 Å². The highest BCUT2D eigenvalue weighted by Gasteiger charge is 2.47. The number of aromatic nitrogens is 1. The monoisotopic (exact) mass is 370 g/mol. The minimum atomic E-state index is -5.39. The average Bonchev–Trinajstić information content (AvgIpc) is 3.36. The number of hydrogen-bond donors (Lipinski definition) is 1. The lowest BCUT2D eigenvalue weighted by molar-refractivity contribution is -0.117. The molecule has 9 heteroatoms. The summed E-state index contributed by atoms with van der Waals surface area (Å²) < 4.78 is 60.0. The van der Waals surface area contributed by atoms with Crippen LogP contribution in [0.5, 0.6) is 0 Å². The standard InChI is InChI=1S/C16H13F3N2O3S/c17-16(18,19)25(23,24)12-5-3-11(4-6-12)21-15(22)14-8-13(14)10-2-1-7-20-9-10/h1-7,9,13-14H,8H2,(H,21,22)/t13-,14+/m1/s1. The van der Waals surface area contributed by atoms with Crippen LogP contribution in [0.15, 0.2) is 53.7 Å². The van der Waals surface area contributed by atoms with Crippen LogP contribution in [-0.2, 0) is 14.6 Å². The molecule has 0 unspecified atom stereocenters. The van der Waals surface area contributed by atoms with Crippen molar-refractivity contribution in [3.05, 3.63) is 54.4 Å². The van der Waals surface area contributed by atoms with Crippen molar-refractivity contribution < 1.29 is 26.4 Å². The molecule has 132 valence electrons. The average molecular weight is 370 g/mol. The topological polar surface area (TPSA) is 76.1 Å². The molecule has 1 aliphatic rings. The molecule has 0 aliphatic heterocycles. The molecule has 1 aromatic carbocycles. The van der Waals surface area contributed by atoms with E-state index in [-0.39, 0.29) is 23.4 Å². The van der Waals surface area contributed by atoms with Gasteiger partial charge in [-0.05, 0) is 48.2 Å². The second kappa shape index (κ2) is 6.14. The van der Waals surface area contributed by atoms with Crippen LogP contribution in [-0.4, -0.2) is 24.8 Å². The molecule has 0 spiro atoms. The number of anilines is 1. The molecule has 1 heterocycles. The number of nitrogens with zero attached hydrogens (tertiary/aromatic N) is 1. The molecule has 2 aromatic rings. The molecule has 5 nitrogen and oxygen atoms in total. The number of alkyl halides is 3. The number of carbonyl (C=O) groups excluding carboxylic acids is 1. The summed E-state index contributed by atoms with van der Waals surface area (Å²) in [6, 6.07) is 7.58. The van der Waals surface area contributed by atoms with E-state index in [9.17, 15) is 26.4 Å². The van der Waals surface area contributed by atoms with Gasteiger partial charge in [0.15, 0.2) is 0 Å². The predicted octanol–water partition coefficient (Wildman–Crippen LogP) is 3.12. The maximum atomic E-state index is 12.5. The maximum absolute atomic E-state index is 12.5. The van der Waals surface area contributed by atoms with Gasteiger partial charge >= 0.3 is 5.51 Å². The van der Waals surface area contributed by atoms with Crippen LogP contribution in [0.2, 0.25) is 0 Å². The van der Waals surface area contributed by atoms with Gasteiger partial charge in [-0.25, -0.2) is 8.42 Å². The first-order chi connectivity index (χ1) is 11.7. The van der Waals surface area contributed by atoms with E-state index in [2.05, 4.69) is 10.3 Å².